The number of nitrogens with one attached hydrogen (secondary N) is 1. The molecule has 2 aromatic rings. The summed E-state index contributed by atoms with van der Waals surface area (Å²) in [6.45, 7) is 0.829. The summed E-state index contributed by atoms with van der Waals surface area (Å²) in [4.78, 5) is 0. The summed E-state index contributed by atoms with van der Waals surface area (Å²) in [7, 11) is 0. The maximum atomic E-state index is 3.51. The summed E-state index contributed by atoms with van der Waals surface area (Å²) in [5.41, 5.74) is 2.38. The van der Waals surface area contributed by atoms with E-state index in [1.54, 1.807) is 0 Å². The second-order valence-corrected chi connectivity index (χ2v) is 5.23. The van der Waals surface area contributed by atoms with E-state index in [0.717, 1.165) is 21.2 Å². The molecule has 0 saturated carbocycles. The molecule has 1 N–H and O–H groups in total. The number of rotatable bonds is 3. The SMILES string of the molecule is Brc1ccc(CNc2ccccc2Br)cc1. The van der Waals surface area contributed by atoms with E-state index >= 15 is 0 Å². The minimum absolute atomic E-state index is 0.829. The van der Waals surface area contributed by atoms with Gasteiger partial charge in [0.15, 0.2) is 0 Å². The van der Waals surface area contributed by atoms with Crippen LogP contribution in [0.15, 0.2) is 57.5 Å². The molecule has 0 atom stereocenters. The number of benzene rings is 2. The molecule has 16 heavy (non-hydrogen) atoms. The average Bonchev–Trinajstić information content (AvgIpc) is 2.30. The Bertz CT molecular complexity index is 466. The summed E-state index contributed by atoms with van der Waals surface area (Å²) in [5, 5.41) is 3.39. The molecule has 0 aliphatic heterocycles. The fourth-order valence-corrected chi connectivity index (χ4v) is 2.09. The molecule has 0 fully saturated rings. The number of para-hydroxylation sites is 1. The molecular formula is C13H11Br2N. The Kier molecular flexibility index (Phi) is 4.02. The van der Waals surface area contributed by atoms with Gasteiger partial charge in [-0.05, 0) is 45.8 Å². The van der Waals surface area contributed by atoms with Gasteiger partial charge in [0.25, 0.3) is 0 Å². The molecule has 82 valence electrons. The van der Waals surface area contributed by atoms with Crippen LogP contribution in [0, 0.1) is 0 Å². The van der Waals surface area contributed by atoms with E-state index in [1.807, 2.05) is 18.2 Å². The third-order valence-corrected chi connectivity index (χ3v) is 3.49. The molecule has 2 rings (SSSR count). The maximum Gasteiger partial charge on any atom is 0.0487 e. The van der Waals surface area contributed by atoms with Crippen molar-refractivity contribution in [1.29, 1.82) is 0 Å². The molecule has 2 aromatic carbocycles. The lowest BCUT2D eigenvalue weighted by atomic mass is 10.2. The van der Waals surface area contributed by atoms with Crippen molar-refractivity contribution >= 4 is 37.5 Å². The third-order valence-electron chi connectivity index (χ3n) is 2.27. The van der Waals surface area contributed by atoms with Crippen molar-refractivity contribution in [1.82, 2.24) is 0 Å². The van der Waals surface area contributed by atoms with Crippen LogP contribution in [-0.4, -0.2) is 0 Å². The van der Waals surface area contributed by atoms with Crippen molar-refractivity contribution in [3.8, 4) is 0 Å². The summed E-state index contributed by atoms with van der Waals surface area (Å²) in [5.74, 6) is 0. The highest BCUT2D eigenvalue weighted by atomic mass is 79.9. The van der Waals surface area contributed by atoms with E-state index in [1.165, 1.54) is 5.56 Å². The first-order valence-electron chi connectivity index (χ1n) is 4.98. The first-order valence-corrected chi connectivity index (χ1v) is 6.57. The second-order valence-electron chi connectivity index (χ2n) is 3.46. The Morgan fingerprint density at radius 1 is 0.875 bits per heavy atom. The molecule has 0 amide bonds. The number of hydrogen-bond acceptors (Lipinski definition) is 1. The largest absolute Gasteiger partial charge is 0.380 e. The first kappa shape index (κ1) is 11.7. The second kappa shape index (κ2) is 5.51. The van der Waals surface area contributed by atoms with E-state index in [9.17, 15) is 0 Å². The van der Waals surface area contributed by atoms with Crippen LogP contribution in [0.1, 0.15) is 5.56 Å². The zero-order chi connectivity index (χ0) is 11.4. The number of anilines is 1. The molecule has 0 aliphatic rings. The van der Waals surface area contributed by atoms with E-state index < -0.39 is 0 Å². The fraction of sp³-hybridized carbons (Fsp3) is 0.0769. The van der Waals surface area contributed by atoms with Gasteiger partial charge in [0, 0.05) is 21.2 Å². The summed E-state index contributed by atoms with van der Waals surface area (Å²) >= 11 is 6.94. The van der Waals surface area contributed by atoms with Gasteiger partial charge in [0.2, 0.25) is 0 Å². The highest BCUT2D eigenvalue weighted by molar-refractivity contribution is 9.10. The Morgan fingerprint density at radius 3 is 2.25 bits per heavy atom. The van der Waals surface area contributed by atoms with Gasteiger partial charge >= 0.3 is 0 Å². The first-order chi connectivity index (χ1) is 7.75. The number of hydrogen-bond donors (Lipinski definition) is 1. The topological polar surface area (TPSA) is 12.0 Å². The number of halogens is 2. The van der Waals surface area contributed by atoms with Crippen LogP contribution in [0.4, 0.5) is 5.69 Å². The fourth-order valence-electron chi connectivity index (χ4n) is 1.40. The molecular weight excluding hydrogens is 330 g/mol. The minimum Gasteiger partial charge on any atom is -0.380 e. The molecule has 0 aliphatic carbocycles. The van der Waals surface area contributed by atoms with Gasteiger partial charge in [-0.15, -0.1) is 0 Å². The van der Waals surface area contributed by atoms with Crippen molar-refractivity contribution in [3.05, 3.63) is 63.0 Å². The molecule has 0 aromatic heterocycles. The molecule has 0 radical (unpaired) electrons. The maximum absolute atomic E-state index is 3.51. The lowest BCUT2D eigenvalue weighted by molar-refractivity contribution is 1.14. The van der Waals surface area contributed by atoms with Crippen LogP contribution in [0.3, 0.4) is 0 Å². The van der Waals surface area contributed by atoms with Gasteiger partial charge in [-0.25, -0.2) is 0 Å². The van der Waals surface area contributed by atoms with Gasteiger partial charge in [0.05, 0.1) is 0 Å². The Labute approximate surface area is 112 Å². The highest BCUT2D eigenvalue weighted by Crippen LogP contribution is 2.22. The molecule has 0 bridgehead atoms. The van der Waals surface area contributed by atoms with Crippen LogP contribution in [-0.2, 0) is 6.54 Å². The van der Waals surface area contributed by atoms with Crippen LogP contribution in [0.25, 0.3) is 0 Å². The van der Waals surface area contributed by atoms with Crippen molar-refractivity contribution in [2.45, 2.75) is 6.54 Å². The van der Waals surface area contributed by atoms with Gasteiger partial charge in [0.1, 0.15) is 0 Å². The zero-order valence-electron chi connectivity index (χ0n) is 8.58. The minimum atomic E-state index is 0.829. The molecule has 1 nitrogen and oxygen atoms in total. The van der Waals surface area contributed by atoms with E-state index in [-0.39, 0.29) is 0 Å². The Hall–Kier alpha value is -0.800. The normalized spacial score (nSPS) is 10.1. The van der Waals surface area contributed by atoms with Crippen LogP contribution in [0.2, 0.25) is 0 Å². The van der Waals surface area contributed by atoms with Crippen LogP contribution in [0.5, 0.6) is 0 Å². The van der Waals surface area contributed by atoms with Gasteiger partial charge < -0.3 is 5.32 Å². The van der Waals surface area contributed by atoms with Crippen molar-refractivity contribution in [3.63, 3.8) is 0 Å². The molecule has 0 heterocycles. The highest BCUT2D eigenvalue weighted by Gasteiger charge is 1.97. The molecule has 3 heteroatoms. The Morgan fingerprint density at radius 2 is 1.56 bits per heavy atom. The van der Waals surface area contributed by atoms with Crippen molar-refractivity contribution in [2.75, 3.05) is 5.32 Å². The van der Waals surface area contributed by atoms with Crippen LogP contribution < -0.4 is 5.32 Å². The van der Waals surface area contributed by atoms with Gasteiger partial charge in [-0.1, -0.05) is 40.2 Å². The van der Waals surface area contributed by atoms with Crippen molar-refractivity contribution in [2.24, 2.45) is 0 Å². The van der Waals surface area contributed by atoms with E-state index in [2.05, 4.69) is 67.5 Å². The lowest BCUT2D eigenvalue weighted by Gasteiger charge is -2.08. The smallest absolute Gasteiger partial charge is 0.0487 e. The quantitative estimate of drug-likeness (QED) is 0.844. The van der Waals surface area contributed by atoms with E-state index in [0.29, 0.717) is 0 Å². The van der Waals surface area contributed by atoms with Gasteiger partial charge in [-0.2, -0.15) is 0 Å². The molecule has 0 saturated heterocycles. The zero-order valence-corrected chi connectivity index (χ0v) is 11.8. The lowest BCUT2D eigenvalue weighted by Crippen LogP contribution is -1.99. The van der Waals surface area contributed by atoms with Gasteiger partial charge in [-0.3, -0.25) is 0 Å². The Balaban J connectivity index is 2.02. The van der Waals surface area contributed by atoms with Crippen molar-refractivity contribution < 1.29 is 0 Å². The standard InChI is InChI=1S/C13H11Br2N/c14-11-7-5-10(6-8-11)9-16-13-4-2-1-3-12(13)15/h1-8,16H,9H2. The molecule has 0 spiro atoms. The summed E-state index contributed by atoms with van der Waals surface area (Å²) in [6.07, 6.45) is 0. The predicted octanol–water partition coefficient (Wildman–Crippen LogP) is 4.82. The predicted molar refractivity (Wildman–Crippen MR) is 75.6 cm³/mol. The monoisotopic (exact) mass is 339 g/mol. The molecule has 0 unspecified atom stereocenters. The summed E-state index contributed by atoms with van der Waals surface area (Å²) in [6, 6.07) is 16.4. The van der Waals surface area contributed by atoms with E-state index in [4.69, 9.17) is 0 Å². The average molecular weight is 341 g/mol. The van der Waals surface area contributed by atoms with Crippen LogP contribution >= 0.6 is 31.9 Å². The summed E-state index contributed by atoms with van der Waals surface area (Å²) < 4.78 is 2.20. The third kappa shape index (κ3) is 3.09.